The Morgan fingerprint density at radius 1 is 1.36 bits per heavy atom. The summed E-state index contributed by atoms with van der Waals surface area (Å²) in [4.78, 5) is 0. The Morgan fingerprint density at radius 3 is 2.36 bits per heavy atom. The van der Waals surface area contributed by atoms with Crippen molar-refractivity contribution in [1.82, 2.24) is 0 Å². The number of benzene rings is 1. The van der Waals surface area contributed by atoms with Crippen LogP contribution in [0.5, 0.6) is 0 Å². The molecule has 0 aromatic heterocycles. The van der Waals surface area contributed by atoms with Gasteiger partial charge < -0.3 is 5.32 Å². The van der Waals surface area contributed by atoms with E-state index in [1.807, 2.05) is 32.2 Å². The molecule has 14 heavy (non-hydrogen) atoms. The molecule has 0 aliphatic rings. The third kappa shape index (κ3) is 3.27. The van der Waals surface area contributed by atoms with Gasteiger partial charge in [0.25, 0.3) is 0 Å². The summed E-state index contributed by atoms with van der Waals surface area (Å²) >= 11 is 5.96. The molecule has 0 radical (unpaired) electrons. The lowest BCUT2D eigenvalue weighted by Crippen LogP contribution is -1.89. The van der Waals surface area contributed by atoms with E-state index in [1.54, 1.807) is 0 Å². The molecule has 0 amide bonds. The molecular weight excluding hydrogens is 194 g/mol. The van der Waals surface area contributed by atoms with Gasteiger partial charge in [-0.1, -0.05) is 18.2 Å². The molecule has 0 fully saturated rings. The van der Waals surface area contributed by atoms with Crippen molar-refractivity contribution < 1.29 is 0 Å². The van der Waals surface area contributed by atoms with Gasteiger partial charge in [0.2, 0.25) is 0 Å². The summed E-state index contributed by atoms with van der Waals surface area (Å²) in [7, 11) is 1.88. The average Bonchev–Trinajstić information content (AvgIpc) is 2.21. The van der Waals surface area contributed by atoms with Gasteiger partial charge in [-0.25, -0.2) is 0 Å². The molecule has 0 saturated heterocycles. The van der Waals surface area contributed by atoms with Gasteiger partial charge in [-0.15, -0.1) is 13.2 Å². The Kier molecular flexibility index (Phi) is 5.73. The summed E-state index contributed by atoms with van der Waals surface area (Å²) in [5.74, 6) is 0. The smallest absolute Gasteiger partial charge is 0.0482 e. The zero-order valence-corrected chi connectivity index (χ0v) is 9.49. The van der Waals surface area contributed by atoms with Crippen molar-refractivity contribution in [3.8, 4) is 0 Å². The summed E-state index contributed by atoms with van der Waals surface area (Å²) in [6.07, 6.45) is 0. The SMILES string of the molecule is C=C.C=C(C)c1cc(NC)ccc1Cl. The predicted molar refractivity (Wildman–Crippen MR) is 67.0 cm³/mol. The first-order chi connectivity index (χ1) is 6.65. The second kappa shape index (κ2) is 6.28. The van der Waals surface area contributed by atoms with Gasteiger partial charge >= 0.3 is 0 Å². The monoisotopic (exact) mass is 209 g/mol. The number of allylic oxidation sites excluding steroid dienone is 1. The van der Waals surface area contributed by atoms with Crippen LogP contribution in [0.2, 0.25) is 5.02 Å². The molecule has 1 aromatic carbocycles. The fraction of sp³-hybridized carbons (Fsp3) is 0.167. The van der Waals surface area contributed by atoms with Crippen LogP contribution in [0.25, 0.3) is 5.57 Å². The van der Waals surface area contributed by atoms with Crippen LogP contribution in [0.4, 0.5) is 5.69 Å². The Labute approximate surface area is 91.1 Å². The zero-order chi connectivity index (χ0) is 11.1. The van der Waals surface area contributed by atoms with E-state index in [9.17, 15) is 0 Å². The van der Waals surface area contributed by atoms with Gasteiger partial charge in [0.1, 0.15) is 0 Å². The van der Waals surface area contributed by atoms with Crippen LogP contribution in [0, 0.1) is 0 Å². The van der Waals surface area contributed by atoms with Crippen LogP contribution in [0.15, 0.2) is 37.9 Å². The second-order valence-corrected chi connectivity index (χ2v) is 3.13. The molecule has 1 rings (SSSR count). The van der Waals surface area contributed by atoms with Gasteiger partial charge in [0, 0.05) is 17.8 Å². The first-order valence-corrected chi connectivity index (χ1v) is 4.66. The largest absolute Gasteiger partial charge is 0.388 e. The maximum absolute atomic E-state index is 5.96. The van der Waals surface area contributed by atoms with Crippen molar-refractivity contribution in [1.29, 1.82) is 0 Å². The van der Waals surface area contributed by atoms with Gasteiger partial charge in [-0.3, -0.25) is 0 Å². The van der Waals surface area contributed by atoms with Gasteiger partial charge in [-0.2, -0.15) is 0 Å². The topological polar surface area (TPSA) is 12.0 Å². The van der Waals surface area contributed by atoms with E-state index >= 15 is 0 Å². The summed E-state index contributed by atoms with van der Waals surface area (Å²) in [5.41, 5.74) is 3.04. The maximum atomic E-state index is 5.96. The standard InChI is InChI=1S/C10H12ClN.C2H4/c1-7(2)9-6-8(12-3)4-5-10(9)11;1-2/h4-6,12H,1H2,2-3H3;1-2H2. The lowest BCUT2D eigenvalue weighted by Gasteiger charge is -2.06. The fourth-order valence-corrected chi connectivity index (χ4v) is 1.29. The fourth-order valence-electron chi connectivity index (χ4n) is 1.01. The van der Waals surface area contributed by atoms with E-state index in [1.165, 1.54) is 0 Å². The molecule has 0 atom stereocenters. The average molecular weight is 210 g/mol. The third-order valence-electron chi connectivity index (χ3n) is 1.71. The van der Waals surface area contributed by atoms with Gasteiger partial charge in [0.15, 0.2) is 0 Å². The Hall–Kier alpha value is -1.21. The van der Waals surface area contributed by atoms with Crippen molar-refractivity contribution in [3.05, 3.63) is 48.5 Å². The van der Waals surface area contributed by atoms with Gasteiger partial charge in [0.05, 0.1) is 0 Å². The lowest BCUT2D eigenvalue weighted by atomic mass is 10.1. The second-order valence-electron chi connectivity index (χ2n) is 2.72. The molecule has 0 saturated carbocycles. The molecule has 0 spiro atoms. The number of anilines is 1. The zero-order valence-electron chi connectivity index (χ0n) is 8.73. The van der Waals surface area contributed by atoms with Crippen molar-refractivity contribution in [2.75, 3.05) is 12.4 Å². The third-order valence-corrected chi connectivity index (χ3v) is 2.04. The molecule has 0 heterocycles. The summed E-state index contributed by atoms with van der Waals surface area (Å²) in [5, 5.41) is 3.80. The minimum absolute atomic E-state index is 0.751. The predicted octanol–water partition coefficient (Wildman–Crippen LogP) is 4.22. The van der Waals surface area contributed by atoms with Crippen molar-refractivity contribution in [2.45, 2.75) is 6.92 Å². The van der Waals surface area contributed by atoms with Crippen LogP contribution in [0.1, 0.15) is 12.5 Å². The van der Waals surface area contributed by atoms with E-state index in [2.05, 4.69) is 25.1 Å². The van der Waals surface area contributed by atoms with Crippen LogP contribution >= 0.6 is 11.6 Å². The van der Waals surface area contributed by atoms with Crippen molar-refractivity contribution >= 4 is 22.9 Å². The maximum Gasteiger partial charge on any atom is 0.0482 e. The van der Waals surface area contributed by atoms with Gasteiger partial charge in [-0.05, 0) is 36.3 Å². The molecule has 2 heteroatoms. The summed E-state index contributed by atoms with van der Waals surface area (Å²) in [6, 6.07) is 5.80. The number of hydrogen-bond acceptors (Lipinski definition) is 1. The van der Waals surface area contributed by atoms with E-state index in [0.717, 1.165) is 21.8 Å². The molecule has 0 aliphatic heterocycles. The minimum atomic E-state index is 0.751. The van der Waals surface area contributed by atoms with Crippen molar-refractivity contribution in [3.63, 3.8) is 0 Å². The van der Waals surface area contributed by atoms with Crippen LogP contribution in [0.3, 0.4) is 0 Å². The molecule has 1 N–H and O–H groups in total. The van der Waals surface area contributed by atoms with E-state index < -0.39 is 0 Å². The molecule has 0 unspecified atom stereocenters. The van der Waals surface area contributed by atoms with E-state index in [-0.39, 0.29) is 0 Å². The highest BCUT2D eigenvalue weighted by atomic mass is 35.5. The highest BCUT2D eigenvalue weighted by molar-refractivity contribution is 6.32. The van der Waals surface area contributed by atoms with E-state index in [0.29, 0.717) is 0 Å². The number of halogens is 1. The molecular formula is C12H16ClN. The van der Waals surface area contributed by atoms with Crippen LogP contribution in [-0.4, -0.2) is 7.05 Å². The van der Waals surface area contributed by atoms with Crippen LogP contribution < -0.4 is 5.32 Å². The number of rotatable bonds is 2. The molecule has 76 valence electrons. The van der Waals surface area contributed by atoms with Crippen molar-refractivity contribution in [2.24, 2.45) is 0 Å². The molecule has 0 aliphatic carbocycles. The quantitative estimate of drug-likeness (QED) is 0.720. The minimum Gasteiger partial charge on any atom is -0.388 e. The number of hydrogen-bond donors (Lipinski definition) is 1. The number of nitrogens with one attached hydrogen (secondary N) is 1. The lowest BCUT2D eigenvalue weighted by molar-refractivity contribution is 1.48. The summed E-state index contributed by atoms with van der Waals surface area (Å²) < 4.78 is 0. The normalized spacial score (nSPS) is 8.50. The highest BCUT2D eigenvalue weighted by Gasteiger charge is 2.00. The highest BCUT2D eigenvalue weighted by Crippen LogP contribution is 2.25. The van der Waals surface area contributed by atoms with E-state index in [4.69, 9.17) is 11.6 Å². The summed E-state index contributed by atoms with van der Waals surface area (Å²) in [6.45, 7) is 11.8. The molecule has 1 nitrogen and oxygen atoms in total. The molecule has 1 aromatic rings. The Morgan fingerprint density at radius 2 is 1.93 bits per heavy atom. The van der Waals surface area contributed by atoms with Crippen LogP contribution in [-0.2, 0) is 0 Å². The first-order valence-electron chi connectivity index (χ1n) is 4.28. The Balaban J connectivity index is 0.000000791. The first kappa shape index (κ1) is 12.8. The molecule has 0 bridgehead atoms. The Bertz CT molecular complexity index is 318.